The molecule has 2 saturated heterocycles. The number of nitrogens with zero attached hydrogens (tertiary/aromatic N) is 3. The molecule has 0 unspecified atom stereocenters. The van der Waals surface area contributed by atoms with Gasteiger partial charge in [0, 0.05) is 39.3 Å². The number of alkyl halides is 3. The van der Waals surface area contributed by atoms with E-state index in [9.17, 15) is 22.8 Å². The number of rotatable bonds is 5. The molecule has 2 aliphatic heterocycles. The van der Waals surface area contributed by atoms with Crippen LogP contribution in [0.1, 0.15) is 5.56 Å². The number of carbonyl (C=O) groups is 2. The Balaban J connectivity index is 1.45. The van der Waals surface area contributed by atoms with Crippen molar-refractivity contribution in [1.29, 1.82) is 0 Å². The Labute approximate surface area is 166 Å². The number of piperazine rings is 1. The maximum atomic E-state index is 13.0. The van der Waals surface area contributed by atoms with E-state index in [-0.39, 0.29) is 11.7 Å². The van der Waals surface area contributed by atoms with Gasteiger partial charge in [-0.3, -0.25) is 14.5 Å². The first kappa shape index (κ1) is 21.4. The first-order chi connectivity index (χ1) is 13.8. The van der Waals surface area contributed by atoms with Gasteiger partial charge in [0.15, 0.2) is 6.61 Å². The molecule has 0 spiro atoms. The zero-order valence-electron chi connectivity index (χ0n) is 16.0. The minimum Gasteiger partial charge on any atom is -0.483 e. The Morgan fingerprint density at radius 1 is 0.931 bits per heavy atom. The van der Waals surface area contributed by atoms with Gasteiger partial charge in [0.05, 0.1) is 25.3 Å². The molecule has 3 rings (SSSR count). The SMILES string of the molecule is O=C(COc1ccccc1C(F)(F)F)N1CCN(C(=O)CN2CCOCC2)CC1. The highest BCUT2D eigenvalue weighted by molar-refractivity contribution is 5.80. The van der Waals surface area contributed by atoms with E-state index in [1.807, 2.05) is 4.90 Å². The predicted octanol–water partition coefficient (Wildman–Crippen LogP) is 1.09. The fraction of sp³-hybridized carbons (Fsp3) is 0.579. The maximum absolute atomic E-state index is 13.0. The summed E-state index contributed by atoms with van der Waals surface area (Å²) in [5.41, 5.74) is -0.911. The molecular formula is C19H24F3N3O4. The van der Waals surface area contributed by atoms with Crippen LogP contribution in [0.25, 0.3) is 0 Å². The molecule has 29 heavy (non-hydrogen) atoms. The second-order valence-corrected chi connectivity index (χ2v) is 6.93. The highest BCUT2D eigenvalue weighted by atomic mass is 19.4. The van der Waals surface area contributed by atoms with Crippen LogP contribution in [-0.4, -0.2) is 92.1 Å². The molecule has 2 amide bonds. The maximum Gasteiger partial charge on any atom is 0.419 e. The van der Waals surface area contributed by atoms with E-state index in [0.717, 1.165) is 19.2 Å². The number of morpholine rings is 1. The Kier molecular flexibility index (Phi) is 6.96. The largest absolute Gasteiger partial charge is 0.483 e. The number of amides is 2. The van der Waals surface area contributed by atoms with Crippen LogP contribution in [0.5, 0.6) is 5.75 Å². The van der Waals surface area contributed by atoms with E-state index >= 15 is 0 Å². The van der Waals surface area contributed by atoms with E-state index in [0.29, 0.717) is 45.9 Å². The molecule has 0 aromatic heterocycles. The minimum atomic E-state index is -4.55. The molecule has 0 bridgehead atoms. The number of hydrogen-bond acceptors (Lipinski definition) is 5. The summed E-state index contributed by atoms with van der Waals surface area (Å²) >= 11 is 0. The second kappa shape index (κ2) is 9.45. The molecule has 160 valence electrons. The molecule has 1 aromatic carbocycles. The van der Waals surface area contributed by atoms with Crippen molar-refractivity contribution in [2.75, 3.05) is 65.6 Å². The zero-order chi connectivity index (χ0) is 20.9. The smallest absolute Gasteiger partial charge is 0.419 e. The molecule has 2 heterocycles. The van der Waals surface area contributed by atoms with Crippen LogP contribution < -0.4 is 4.74 Å². The zero-order valence-corrected chi connectivity index (χ0v) is 16.0. The normalized spacial score (nSPS) is 18.6. The van der Waals surface area contributed by atoms with Gasteiger partial charge in [0.25, 0.3) is 5.91 Å². The van der Waals surface area contributed by atoms with Crippen LogP contribution in [0.3, 0.4) is 0 Å². The van der Waals surface area contributed by atoms with Crippen molar-refractivity contribution in [3.8, 4) is 5.75 Å². The van der Waals surface area contributed by atoms with Crippen molar-refractivity contribution in [1.82, 2.24) is 14.7 Å². The van der Waals surface area contributed by atoms with Crippen LogP contribution in [0.2, 0.25) is 0 Å². The molecule has 0 aliphatic carbocycles. The van der Waals surface area contributed by atoms with Gasteiger partial charge < -0.3 is 19.3 Å². The van der Waals surface area contributed by atoms with Crippen molar-refractivity contribution in [3.63, 3.8) is 0 Å². The lowest BCUT2D eigenvalue weighted by Crippen LogP contribution is -2.54. The lowest BCUT2D eigenvalue weighted by Gasteiger charge is -2.36. The first-order valence-electron chi connectivity index (χ1n) is 9.49. The lowest BCUT2D eigenvalue weighted by atomic mass is 10.2. The molecule has 1 aromatic rings. The molecule has 0 radical (unpaired) electrons. The average Bonchev–Trinajstić information content (AvgIpc) is 2.72. The van der Waals surface area contributed by atoms with E-state index in [1.54, 1.807) is 4.90 Å². The molecule has 2 aliphatic rings. The van der Waals surface area contributed by atoms with Crippen LogP contribution in [0, 0.1) is 0 Å². The van der Waals surface area contributed by atoms with Crippen LogP contribution in [0.4, 0.5) is 13.2 Å². The van der Waals surface area contributed by atoms with E-state index < -0.39 is 24.3 Å². The van der Waals surface area contributed by atoms with E-state index in [2.05, 4.69) is 0 Å². The Hall–Kier alpha value is -2.33. The quantitative estimate of drug-likeness (QED) is 0.721. The van der Waals surface area contributed by atoms with E-state index in [1.165, 1.54) is 23.1 Å². The fourth-order valence-corrected chi connectivity index (χ4v) is 3.31. The van der Waals surface area contributed by atoms with Crippen molar-refractivity contribution >= 4 is 11.8 Å². The van der Waals surface area contributed by atoms with Crippen molar-refractivity contribution in [3.05, 3.63) is 29.8 Å². The van der Waals surface area contributed by atoms with Gasteiger partial charge in [-0.15, -0.1) is 0 Å². The third-order valence-electron chi connectivity index (χ3n) is 4.99. The number of benzene rings is 1. The number of para-hydroxylation sites is 1. The summed E-state index contributed by atoms with van der Waals surface area (Å²) in [6.45, 7) is 3.99. The summed E-state index contributed by atoms with van der Waals surface area (Å²) in [6.07, 6.45) is -4.55. The Bertz CT molecular complexity index is 715. The van der Waals surface area contributed by atoms with Crippen molar-refractivity contribution < 1.29 is 32.2 Å². The number of halogens is 3. The van der Waals surface area contributed by atoms with Crippen molar-refractivity contribution in [2.24, 2.45) is 0 Å². The Morgan fingerprint density at radius 3 is 2.14 bits per heavy atom. The summed E-state index contributed by atoms with van der Waals surface area (Å²) in [7, 11) is 0. The Morgan fingerprint density at radius 2 is 1.52 bits per heavy atom. The highest BCUT2D eigenvalue weighted by Gasteiger charge is 2.34. The average molecular weight is 415 g/mol. The lowest BCUT2D eigenvalue weighted by molar-refractivity contribution is -0.143. The number of hydrogen-bond donors (Lipinski definition) is 0. The topological polar surface area (TPSA) is 62.3 Å². The number of ether oxygens (including phenoxy) is 2. The van der Waals surface area contributed by atoms with Gasteiger partial charge in [0.1, 0.15) is 5.75 Å². The summed E-state index contributed by atoms with van der Waals surface area (Å²) in [5.74, 6) is -0.760. The standard InChI is InChI=1S/C19H24F3N3O4/c20-19(21,22)15-3-1-2-4-16(15)29-14-18(27)25-7-5-24(6-8-25)17(26)13-23-9-11-28-12-10-23/h1-4H,5-14H2. The summed E-state index contributed by atoms with van der Waals surface area (Å²) in [6, 6.07) is 4.80. The van der Waals surface area contributed by atoms with Crippen molar-refractivity contribution in [2.45, 2.75) is 6.18 Å². The van der Waals surface area contributed by atoms with Gasteiger partial charge in [-0.2, -0.15) is 13.2 Å². The van der Waals surface area contributed by atoms with Crippen LogP contribution in [-0.2, 0) is 20.5 Å². The summed E-state index contributed by atoms with van der Waals surface area (Å²) in [4.78, 5) is 30.0. The van der Waals surface area contributed by atoms with Crippen LogP contribution >= 0.6 is 0 Å². The molecule has 0 N–H and O–H groups in total. The molecule has 7 nitrogen and oxygen atoms in total. The van der Waals surface area contributed by atoms with Gasteiger partial charge in [-0.05, 0) is 12.1 Å². The van der Waals surface area contributed by atoms with Gasteiger partial charge >= 0.3 is 6.18 Å². The monoisotopic (exact) mass is 415 g/mol. The minimum absolute atomic E-state index is 0.00866. The van der Waals surface area contributed by atoms with Gasteiger partial charge in [0.2, 0.25) is 5.91 Å². The second-order valence-electron chi connectivity index (χ2n) is 6.93. The first-order valence-corrected chi connectivity index (χ1v) is 9.49. The summed E-state index contributed by atoms with van der Waals surface area (Å²) in [5, 5.41) is 0. The molecular weight excluding hydrogens is 391 g/mol. The van der Waals surface area contributed by atoms with E-state index in [4.69, 9.17) is 9.47 Å². The molecule has 0 saturated carbocycles. The predicted molar refractivity (Wildman–Crippen MR) is 97.4 cm³/mol. The van der Waals surface area contributed by atoms with Gasteiger partial charge in [-0.25, -0.2) is 0 Å². The fourth-order valence-electron chi connectivity index (χ4n) is 3.31. The molecule has 2 fully saturated rings. The third kappa shape index (κ3) is 5.83. The summed E-state index contributed by atoms with van der Waals surface area (Å²) < 4.78 is 49.4. The molecule has 0 atom stereocenters. The number of carbonyl (C=O) groups excluding carboxylic acids is 2. The van der Waals surface area contributed by atoms with Crippen LogP contribution in [0.15, 0.2) is 24.3 Å². The van der Waals surface area contributed by atoms with Gasteiger partial charge in [-0.1, -0.05) is 12.1 Å². The third-order valence-corrected chi connectivity index (χ3v) is 4.99. The molecule has 10 heteroatoms. The highest BCUT2D eigenvalue weighted by Crippen LogP contribution is 2.35.